The van der Waals surface area contributed by atoms with Crippen molar-refractivity contribution < 1.29 is 13.6 Å². The van der Waals surface area contributed by atoms with E-state index in [0.717, 1.165) is 22.6 Å². The molecule has 0 aliphatic carbocycles. The van der Waals surface area contributed by atoms with E-state index in [9.17, 15) is 13.6 Å². The van der Waals surface area contributed by atoms with Gasteiger partial charge in [-0.3, -0.25) is 10.1 Å². The second-order valence-corrected chi connectivity index (χ2v) is 6.95. The molecule has 1 atom stereocenters. The van der Waals surface area contributed by atoms with Gasteiger partial charge in [0, 0.05) is 35.2 Å². The molecule has 22 heavy (non-hydrogen) atoms. The van der Waals surface area contributed by atoms with Gasteiger partial charge in [0.2, 0.25) is 5.91 Å². The van der Waals surface area contributed by atoms with E-state index in [1.807, 2.05) is 0 Å². The Balaban J connectivity index is 1.64. The van der Waals surface area contributed by atoms with Crippen LogP contribution in [0.25, 0.3) is 0 Å². The summed E-state index contributed by atoms with van der Waals surface area (Å²) in [7, 11) is 0. The summed E-state index contributed by atoms with van der Waals surface area (Å²) in [5, 5.41) is 6.32. The highest BCUT2D eigenvalue weighted by Crippen LogP contribution is 2.23. The van der Waals surface area contributed by atoms with Gasteiger partial charge in [0.05, 0.1) is 6.04 Å². The number of thioether (sulfide) groups is 1. The summed E-state index contributed by atoms with van der Waals surface area (Å²) in [5.74, 6) is 0.223. The average molecular weight is 341 g/mol. The molecule has 8 heteroatoms. The fourth-order valence-electron chi connectivity index (χ4n) is 2.06. The number of carbonyl (C=O) groups is 1. The van der Waals surface area contributed by atoms with Crippen LogP contribution in [0.2, 0.25) is 0 Å². The van der Waals surface area contributed by atoms with Crippen molar-refractivity contribution in [2.24, 2.45) is 0 Å². The number of benzene rings is 1. The lowest BCUT2D eigenvalue weighted by Gasteiger charge is -2.07. The minimum absolute atomic E-state index is 0.112. The number of hydrogen-bond donors (Lipinski definition) is 2. The lowest BCUT2D eigenvalue weighted by atomic mass is 10.1. The molecule has 3 rings (SSSR count). The van der Waals surface area contributed by atoms with E-state index >= 15 is 0 Å². The molecule has 1 aliphatic rings. The Kier molecular flexibility index (Phi) is 4.70. The lowest BCUT2D eigenvalue weighted by molar-refractivity contribution is -0.117. The minimum Gasteiger partial charge on any atom is -0.301 e. The molecule has 1 fully saturated rings. The van der Waals surface area contributed by atoms with E-state index in [-0.39, 0.29) is 11.9 Å². The number of nitrogens with one attached hydrogen (secondary N) is 2. The van der Waals surface area contributed by atoms with Crippen molar-refractivity contribution in [3.05, 3.63) is 46.5 Å². The number of amides is 1. The maximum absolute atomic E-state index is 13.6. The summed E-state index contributed by atoms with van der Waals surface area (Å²) < 4.78 is 26.5. The van der Waals surface area contributed by atoms with Crippen LogP contribution in [-0.2, 0) is 11.2 Å². The van der Waals surface area contributed by atoms with Crippen molar-refractivity contribution in [3.63, 3.8) is 0 Å². The van der Waals surface area contributed by atoms with E-state index in [2.05, 4.69) is 15.6 Å². The van der Waals surface area contributed by atoms with E-state index in [4.69, 9.17) is 0 Å². The van der Waals surface area contributed by atoms with Gasteiger partial charge in [0.1, 0.15) is 11.6 Å². The van der Waals surface area contributed by atoms with Gasteiger partial charge in [-0.25, -0.2) is 13.8 Å². The number of carbonyl (C=O) groups excluding carboxylic acids is 1. The van der Waals surface area contributed by atoms with Gasteiger partial charge >= 0.3 is 0 Å². The molecule has 1 aliphatic heterocycles. The van der Waals surface area contributed by atoms with Crippen LogP contribution in [0.15, 0.2) is 24.4 Å². The van der Waals surface area contributed by atoms with Crippen molar-refractivity contribution in [2.75, 3.05) is 16.9 Å². The van der Waals surface area contributed by atoms with Crippen molar-refractivity contribution in [1.29, 1.82) is 0 Å². The first-order valence-electron chi connectivity index (χ1n) is 6.62. The molecule has 4 nitrogen and oxygen atoms in total. The summed E-state index contributed by atoms with van der Waals surface area (Å²) in [5.41, 5.74) is 0.400. The highest BCUT2D eigenvalue weighted by Gasteiger charge is 2.23. The van der Waals surface area contributed by atoms with Crippen LogP contribution in [0, 0.1) is 11.6 Å². The van der Waals surface area contributed by atoms with Gasteiger partial charge in [-0.2, -0.15) is 0 Å². The largest absolute Gasteiger partial charge is 0.301 e. The van der Waals surface area contributed by atoms with Gasteiger partial charge in [-0.05, 0) is 11.6 Å². The SMILES string of the molecule is O=C(Nc1ncc(Cc2ccc(F)cc2F)s1)[C@H]1CSCN1. The maximum atomic E-state index is 13.6. The van der Waals surface area contributed by atoms with Gasteiger partial charge in [-0.15, -0.1) is 23.1 Å². The molecule has 0 bridgehead atoms. The normalized spacial score (nSPS) is 17.6. The van der Waals surface area contributed by atoms with Crippen molar-refractivity contribution in [1.82, 2.24) is 10.3 Å². The minimum atomic E-state index is -0.597. The predicted molar refractivity (Wildman–Crippen MR) is 84.2 cm³/mol. The number of thiazole rings is 1. The van der Waals surface area contributed by atoms with Crippen LogP contribution < -0.4 is 10.6 Å². The second-order valence-electron chi connectivity index (χ2n) is 4.81. The molecule has 0 saturated carbocycles. The van der Waals surface area contributed by atoms with Crippen molar-refractivity contribution in [2.45, 2.75) is 12.5 Å². The zero-order valence-corrected chi connectivity index (χ0v) is 13.1. The number of rotatable bonds is 4. The molecule has 2 aromatic rings. The molecule has 116 valence electrons. The monoisotopic (exact) mass is 341 g/mol. The number of anilines is 1. The highest BCUT2D eigenvalue weighted by atomic mass is 32.2. The second kappa shape index (κ2) is 6.72. The Morgan fingerprint density at radius 1 is 1.45 bits per heavy atom. The summed E-state index contributed by atoms with van der Waals surface area (Å²) in [4.78, 5) is 16.9. The van der Waals surface area contributed by atoms with Crippen LogP contribution in [0.3, 0.4) is 0 Å². The van der Waals surface area contributed by atoms with E-state index < -0.39 is 11.6 Å². The van der Waals surface area contributed by atoms with Gasteiger partial charge in [0.15, 0.2) is 5.13 Å². The van der Waals surface area contributed by atoms with Crippen molar-refractivity contribution >= 4 is 34.1 Å². The topological polar surface area (TPSA) is 54.0 Å². The van der Waals surface area contributed by atoms with Crippen LogP contribution in [0.5, 0.6) is 0 Å². The first-order chi connectivity index (χ1) is 10.6. The third-order valence-electron chi connectivity index (χ3n) is 3.20. The summed E-state index contributed by atoms with van der Waals surface area (Å²) in [6, 6.07) is 3.31. The number of nitrogens with zero attached hydrogens (tertiary/aromatic N) is 1. The predicted octanol–water partition coefficient (Wildman–Crippen LogP) is 2.61. The maximum Gasteiger partial charge on any atom is 0.244 e. The molecule has 0 spiro atoms. The zero-order chi connectivity index (χ0) is 15.5. The third-order valence-corrected chi connectivity index (χ3v) is 5.05. The number of aromatic nitrogens is 1. The van der Waals surface area contributed by atoms with Crippen LogP contribution >= 0.6 is 23.1 Å². The fourth-order valence-corrected chi connectivity index (χ4v) is 3.84. The molecule has 0 unspecified atom stereocenters. The van der Waals surface area contributed by atoms with Crippen LogP contribution in [0.1, 0.15) is 10.4 Å². The molecule has 1 aromatic carbocycles. The summed E-state index contributed by atoms with van der Waals surface area (Å²) >= 11 is 2.96. The molecule has 2 N–H and O–H groups in total. The molecule has 1 amide bonds. The Morgan fingerprint density at radius 2 is 2.32 bits per heavy atom. The lowest BCUT2D eigenvalue weighted by Crippen LogP contribution is -2.37. The molecular formula is C14H13F2N3OS2. The van der Waals surface area contributed by atoms with Crippen molar-refractivity contribution in [3.8, 4) is 0 Å². The van der Waals surface area contributed by atoms with Gasteiger partial charge < -0.3 is 5.32 Å². The molecular weight excluding hydrogens is 328 g/mol. The Morgan fingerprint density at radius 3 is 3.05 bits per heavy atom. The summed E-state index contributed by atoms with van der Waals surface area (Å²) in [6.45, 7) is 0. The summed E-state index contributed by atoms with van der Waals surface area (Å²) in [6.07, 6.45) is 1.91. The van der Waals surface area contributed by atoms with Gasteiger partial charge in [-0.1, -0.05) is 6.07 Å². The Labute approximate surface area is 134 Å². The Hall–Kier alpha value is -1.51. The average Bonchev–Trinajstić information content (AvgIpc) is 3.13. The zero-order valence-electron chi connectivity index (χ0n) is 11.4. The molecule has 1 saturated heterocycles. The van der Waals surface area contributed by atoms with E-state index in [1.165, 1.54) is 23.5 Å². The first kappa shape index (κ1) is 15.4. The van der Waals surface area contributed by atoms with E-state index in [0.29, 0.717) is 17.1 Å². The first-order valence-corrected chi connectivity index (χ1v) is 8.59. The van der Waals surface area contributed by atoms with E-state index in [1.54, 1.807) is 18.0 Å². The highest BCUT2D eigenvalue weighted by molar-refractivity contribution is 7.99. The molecule has 2 heterocycles. The molecule has 0 radical (unpaired) electrons. The van der Waals surface area contributed by atoms with Gasteiger partial charge in [0.25, 0.3) is 0 Å². The number of hydrogen-bond acceptors (Lipinski definition) is 5. The quantitative estimate of drug-likeness (QED) is 0.898. The Bertz CT molecular complexity index is 686. The van der Waals surface area contributed by atoms with Crippen LogP contribution in [-0.4, -0.2) is 28.6 Å². The molecule has 1 aromatic heterocycles. The fraction of sp³-hybridized carbons (Fsp3) is 0.286. The number of halogens is 2. The smallest absolute Gasteiger partial charge is 0.244 e. The third kappa shape index (κ3) is 3.63. The van der Waals surface area contributed by atoms with Crippen LogP contribution in [0.4, 0.5) is 13.9 Å². The standard InChI is InChI=1S/C14H13F2N3OS2/c15-9-2-1-8(11(16)4-9)3-10-5-17-14(22-10)19-13(20)12-6-21-7-18-12/h1-2,4-5,12,18H,3,6-7H2,(H,17,19,20)/t12-/m1/s1.